The Morgan fingerprint density at radius 1 is 0.467 bits per heavy atom. The van der Waals surface area contributed by atoms with Gasteiger partial charge in [-0.25, -0.2) is 0 Å². The summed E-state index contributed by atoms with van der Waals surface area (Å²) in [6.45, 7) is 0. The van der Waals surface area contributed by atoms with Crippen LogP contribution in [0, 0.1) is 0 Å². The van der Waals surface area contributed by atoms with Crippen molar-refractivity contribution in [2.24, 2.45) is 17.2 Å². The van der Waals surface area contributed by atoms with Crippen molar-refractivity contribution in [1.82, 2.24) is 4.57 Å². The number of primary amides is 3. The van der Waals surface area contributed by atoms with Gasteiger partial charge in [0.25, 0.3) is 5.91 Å². The largest absolute Gasteiger partial charge is 0.366 e. The zero-order chi connectivity index (χ0) is 21.8. The number of nitrogens with zero attached hydrogens (tertiary/aromatic N) is 1. The van der Waals surface area contributed by atoms with E-state index in [2.05, 4.69) is 0 Å². The normalized spacial score (nSPS) is 10.3. The maximum Gasteiger partial charge on any atom is 0.262 e. The predicted octanol–water partition coefficient (Wildman–Crippen LogP) is 1.75. The van der Waals surface area contributed by atoms with E-state index in [4.69, 9.17) is 17.2 Å². The van der Waals surface area contributed by atoms with Crippen LogP contribution in [0.3, 0.4) is 0 Å². The molecule has 0 saturated heterocycles. The molecule has 4 rings (SSSR count). The molecule has 0 spiro atoms. The molecule has 150 valence electrons. The Balaban J connectivity index is 0.000000187. The average Bonchev–Trinajstić information content (AvgIpc) is 3.34. The van der Waals surface area contributed by atoms with Crippen LogP contribution in [0.1, 0.15) is 41.4 Å². The van der Waals surface area contributed by atoms with Gasteiger partial charge in [0, 0.05) is 33.3 Å². The Kier molecular flexibility index (Phi) is 5.59. The maximum absolute atomic E-state index is 12.3. The summed E-state index contributed by atoms with van der Waals surface area (Å²) in [5.41, 5.74) is 18.5. The highest BCUT2D eigenvalue weighted by molar-refractivity contribution is 6.04. The van der Waals surface area contributed by atoms with Crippen LogP contribution in [-0.2, 0) is 0 Å². The monoisotopic (exact) mass is 402 g/mol. The van der Waals surface area contributed by atoms with Gasteiger partial charge in [-0.2, -0.15) is 0 Å². The molecule has 0 aliphatic heterocycles. The molecule has 30 heavy (non-hydrogen) atoms. The Morgan fingerprint density at radius 3 is 1.00 bits per heavy atom. The number of aromatic nitrogens is 1. The summed E-state index contributed by atoms with van der Waals surface area (Å²) in [6.07, 6.45) is 0. The van der Waals surface area contributed by atoms with Gasteiger partial charge in [0.2, 0.25) is 17.7 Å². The van der Waals surface area contributed by atoms with Crippen molar-refractivity contribution in [3.05, 3.63) is 95.1 Å². The number of hydrogen-bond donors (Lipinski definition) is 3. The fraction of sp³-hybridized carbons (Fsp3) is 0. The van der Waals surface area contributed by atoms with Crippen LogP contribution in [0.25, 0.3) is 11.0 Å². The molecule has 0 atom stereocenters. The molecule has 2 bridgehead atoms. The summed E-state index contributed by atoms with van der Waals surface area (Å²) in [5.74, 6) is -1.65. The van der Waals surface area contributed by atoms with Gasteiger partial charge in [-0.3, -0.25) is 23.7 Å². The summed E-state index contributed by atoms with van der Waals surface area (Å²) in [7, 11) is 0. The van der Waals surface area contributed by atoms with Crippen LogP contribution in [-0.4, -0.2) is 28.2 Å². The molecule has 8 nitrogen and oxygen atoms in total. The van der Waals surface area contributed by atoms with E-state index >= 15 is 0 Å². The minimum atomic E-state index is -0.522. The number of benzene rings is 3. The minimum Gasteiger partial charge on any atom is -0.366 e. The number of rotatable bonds is 4. The number of nitrogens with two attached hydrogens (primary N) is 3. The van der Waals surface area contributed by atoms with Gasteiger partial charge in [-0.15, -0.1) is 0 Å². The fourth-order valence-corrected chi connectivity index (χ4v) is 2.84. The first-order valence-corrected chi connectivity index (χ1v) is 8.82. The summed E-state index contributed by atoms with van der Waals surface area (Å²) in [5, 5.41) is 0. The lowest BCUT2D eigenvalue weighted by Crippen LogP contribution is -2.13. The number of carbonyl (C=O) groups is 4. The molecule has 3 amide bonds. The van der Waals surface area contributed by atoms with Crippen molar-refractivity contribution >= 4 is 34.7 Å². The van der Waals surface area contributed by atoms with Crippen molar-refractivity contribution in [2.45, 2.75) is 0 Å². The van der Waals surface area contributed by atoms with E-state index in [9.17, 15) is 19.2 Å². The van der Waals surface area contributed by atoms with E-state index in [1.807, 2.05) is 24.3 Å². The average molecular weight is 402 g/mol. The topological polar surface area (TPSA) is 151 Å². The first-order chi connectivity index (χ1) is 14.3. The molecular weight excluding hydrogens is 384 g/mol. The molecule has 0 radical (unpaired) electrons. The summed E-state index contributed by atoms with van der Waals surface area (Å²) >= 11 is 0. The second-order valence-corrected chi connectivity index (χ2v) is 6.40. The van der Waals surface area contributed by atoms with Crippen LogP contribution in [0.2, 0.25) is 0 Å². The Morgan fingerprint density at radius 2 is 0.733 bits per heavy atom. The molecule has 0 aliphatic carbocycles. The predicted molar refractivity (Wildman–Crippen MR) is 111 cm³/mol. The van der Waals surface area contributed by atoms with Crippen molar-refractivity contribution in [3.63, 3.8) is 0 Å². The van der Waals surface area contributed by atoms with E-state index in [1.165, 1.54) is 24.3 Å². The van der Waals surface area contributed by atoms with Gasteiger partial charge < -0.3 is 17.2 Å². The number of amides is 3. The molecule has 2 heterocycles. The zero-order valence-electron chi connectivity index (χ0n) is 15.7. The highest BCUT2D eigenvalue weighted by Crippen LogP contribution is 2.19. The van der Waals surface area contributed by atoms with Crippen molar-refractivity contribution in [3.8, 4) is 0 Å². The Hall–Kier alpha value is -4.46. The molecule has 0 saturated carbocycles. The van der Waals surface area contributed by atoms with Crippen LogP contribution in [0.5, 0.6) is 0 Å². The summed E-state index contributed by atoms with van der Waals surface area (Å²) in [4.78, 5) is 44.4. The van der Waals surface area contributed by atoms with Crippen molar-refractivity contribution < 1.29 is 19.2 Å². The van der Waals surface area contributed by atoms with Crippen molar-refractivity contribution in [2.75, 3.05) is 0 Å². The van der Waals surface area contributed by atoms with E-state index < -0.39 is 17.7 Å². The highest BCUT2D eigenvalue weighted by atomic mass is 16.2. The summed E-state index contributed by atoms with van der Waals surface area (Å²) < 4.78 is 1.64. The van der Waals surface area contributed by atoms with Gasteiger partial charge in [0.05, 0.1) is 0 Å². The third-order valence-electron chi connectivity index (χ3n) is 4.44. The first-order valence-electron chi connectivity index (χ1n) is 8.82. The van der Waals surface area contributed by atoms with Crippen LogP contribution in [0.15, 0.2) is 72.8 Å². The minimum absolute atomic E-state index is 0.106. The zero-order valence-corrected chi connectivity index (χ0v) is 15.7. The second-order valence-electron chi connectivity index (χ2n) is 6.40. The molecule has 2 aromatic heterocycles. The smallest absolute Gasteiger partial charge is 0.262 e. The molecule has 0 fully saturated rings. The van der Waals surface area contributed by atoms with E-state index in [-0.39, 0.29) is 5.91 Å². The maximum atomic E-state index is 12.3. The van der Waals surface area contributed by atoms with Crippen LogP contribution < -0.4 is 17.2 Å². The standard InChI is InChI=1S/C14H10N2O2.C8H8N2O2/c15-13(17)9-1-3-10(4-2-9)14(18)16-11-5-6-12(16)8-7-11;9-7(11)5-1-2-6(4-3-5)8(10)12/h1-8H,(H2,15,17);1-4H,(H2,9,11)(H2,10,12). The highest BCUT2D eigenvalue weighted by Gasteiger charge is 2.14. The lowest BCUT2D eigenvalue weighted by Gasteiger charge is -2.03. The number of hydrogen-bond acceptors (Lipinski definition) is 4. The molecule has 6 N–H and O–H groups in total. The molecule has 2 aromatic carbocycles. The Labute approximate surface area is 171 Å². The third kappa shape index (κ3) is 4.17. The quantitative estimate of drug-likeness (QED) is 0.476. The molecule has 0 aliphatic rings. The lowest BCUT2D eigenvalue weighted by atomic mass is 10.1. The third-order valence-corrected chi connectivity index (χ3v) is 4.44. The van der Waals surface area contributed by atoms with Gasteiger partial charge in [-0.1, -0.05) is 0 Å². The van der Waals surface area contributed by atoms with Gasteiger partial charge in [0.15, 0.2) is 0 Å². The van der Waals surface area contributed by atoms with Gasteiger partial charge in [0.1, 0.15) is 0 Å². The summed E-state index contributed by atoms with van der Waals surface area (Å²) in [6, 6.07) is 19.8. The van der Waals surface area contributed by atoms with Crippen molar-refractivity contribution in [1.29, 1.82) is 0 Å². The lowest BCUT2D eigenvalue weighted by molar-refractivity contribution is 0.0964. The van der Waals surface area contributed by atoms with Crippen LogP contribution >= 0.6 is 0 Å². The first kappa shape index (κ1) is 20.3. The molecule has 8 heteroatoms. The van der Waals surface area contributed by atoms with E-state index in [0.29, 0.717) is 22.3 Å². The van der Waals surface area contributed by atoms with Crippen LogP contribution in [0.4, 0.5) is 0 Å². The molecule has 0 unspecified atom stereocenters. The van der Waals surface area contributed by atoms with Gasteiger partial charge >= 0.3 is 0 Å². The molecular formula is C22H18N4O4. The van der Waals surface area contributed by atoms with E-state index in [0.717, 1.165) is 11.0 Å². The van der Waals surface area contributed by atoms with Gasteiger partial charge in [-0.05, 0) is 72.8 Å². The number of carbonyl (C=O) groups excluding carboxylic acids is 4. The Bertz CT molecular complexity index is 1140. The second kappa shape index (κ2) is 8.27. The SMILES string of the molecule is NC(=O)c1ccc(C(=O)n2c3ccc2cc3)cc1.NC(=O)c1ccc(C(N)=O)cc1. The fourth-order valence-electron chi connectivity index (χ4n) is 2.84. The number of fused-ring (bicyclic) bond motifs is 2. The van der Waals surface area contributed by atoms with E-state index in [1.54, 1.807) is 28.8 Å². The molecule has 4 aromatic rings.